The zero-order chi connectivity index (χ0) is 12.4. The smallest absolute Gasteiger partial charge is 0.141 e. The molecule has 0 aromatic heterocycles. The molecule has 2 nitrogen and oxygen atoms in total. The van der Waals surface area contributed by atoms with E-state index in [-0.39, 0.29) is 17.5 Å². The summed E-state index contributed by atoms with van der Waals surface area (Å²) >= 11 is 3.19. The van der Waals surface area contributed by atoms with Gasteiger partial charge in [0.25, 0.3) is 0 Å². The first-order valence-corrected chi connectivity index (χ1v) is 6.55. The molecule has 1 aliphatic rings. The highest BCUT2D eigenvalue weighted by Gasteiger charge is 2.29. The summed E-state index contributed by atoms with van der Waals surface area (Å²) in [6.07, 6.45) is 0.301. The molecule has 1 fully saturated rings. The number of hydrogen-bond donors (Lipinski definition) is 1. The molecule has 0 saturated carbocycles. The van der Waals surface area contributed by atoms with E-state index in [2.05, 4.69) is 28.2 Å². The zero-order valence-electron chi connectivity index (χ0n) is 9.67. The summed E-state index contributed by atoms with van der Waals surface area (Å²) in [7, 11) is 0. The first-order chi connectivity index (χ1) is 8.09. The molecule has 1 aromatic rings. The normalized spacial score (nSPS) is 23.9. The standard InChI is InChI=1S/C13H15BrFNO/c1-8-6-16-7-10(8)12(17)5-9-3-2-4-11(15)13(9)14/h2-4,8,10,16H,5-7H2,1H3. The third-order valence-electron chi connectivity index (χ3n) is 3.33. The van der Waals surface area contributed by atoms with Crippen LogP contribution >= 0.6 is 15.9 Å². The third kappa shape index (κ3) is 2.75. The summed E-state index contributed by atoms with van der Waals surface area (Å²) in [5, 5.41) is 3.21. The second-order valence-electron chi connectivity index (χ2n) is 4.60. The lowest BCUT2D eigenvalue weighted by Gasteiger charge is -2.13. The Labute approximate surface area is 109 Å². The average molecular weight is 300 g/mol. The molecule has 92 valence electrons. The van der Waals surface area contributed by atoms with Crippen LogP contribution < -0.4 is 5.32 Å². The van der Waals surface area contributed by atoms with Gasteiger partial charge in [0.05, 0.1) is 4.47 Å². The molecule has 1 heterocycles. The number of Topliss-reactive ketones (excluding diaryl/α,β-unsaturated/α-hetero) is 1. The lowest BCUT2D eigenvalue weighted by atomic mass is 9.90. The van der Waals surface area contributed by atoms with E-state index in [9.17, 15) is 9.18 Å². The second-order valence-corrected chi connectivity index (χ2v) is 5.39. The maximum absolute atomic E-state index is 13.3. The second kappa shape index (κ2) is 5.27. The quantitative estimate of drug-likeness (QED) is 0.929. The van der Waals surface area contributed by atoms with Crippen LogP contribution in [0, 0.1) is 17.7 Å². The number of ketones is 1. The largest absolute Gasteiger partial charge is 0.316 e. The predicted octanol–water partition coefficient (Wildman–Crippen LogP) is 2.56. The maximum Gasteiger partial charge on any atom is 0.141 e. The predicted molar refractivity (Wildman–Crippen MR) is 68.3 cm³/mol. The van der Waals surface area contributed by atoms with Crippen molar-refractivity contribution in [3.8, 4) is 0 Å². The van der Waals surface area contributed by atoms with E-state index < -0.39 is 0 Å². The Hall–Kier alpha value is -0.740. The van der Waals surface area contributed by atoms with Gasteiger partial charge in [0, 0.05) is 18.9 Å². The van der Waals surface area contributed by atoms with E-state index in [4.69, 9.17) is 0 Å². The molecule has 17 heavy (non-hydrogen) atoms. The fraction of sp³-hybridized carbons (Fsp3) is 0.462. The number of nitrogens with one attached hydrogen (secondary N) is 1. The van der Waals surface area contributed by atoms with Gasteiger partial charge in [-0.05, 0) is 40.0 Å². The Morgan fingerprint density at radius 1 is 1.53 bits per heavy atom. The van der Waals surface area contributed by atoms with Crippen LogP contribution in [0.3, 0.4) is 0 Å². The molecule has 1 saturated heterocycles. The molecule has 0 aliphatic carbocycles. The van der Waals surface area contributed by atoms with Crippen molar-refractivity contribution in [1.29, 1.82) is 0 Å². The van der Waals surface area contributed by atoms with Gasteiger partial charge >= 0.3 is 0 Å². The molecule has 2 rings (SSSR count). The minimum atomic E-state index is -0.312. The van der Waals surface area contributed by atoms with E-state index in [1.165, 1.54) is 6.07 Å². The molecule has 4 heteroatoms. The highest BCUT2D eigenvalue weighted by molar-refractivity contribution is 9.10. The van der Waals surface area contributed by atoms with Crippen molar-refractivity contribution < 1.29 is 9.18 Å². The lowest BCUT2D eigenvalue weighted by Crippen LogP contribution is -2.23. The summed E-state index contributed by atoms with van der Waals surface area (Å²) in [6.45, 7) is 3.71. The van der Waals surface area contributed by atoms with E-state index in [0.717, 1.165) is 18.7 Å². The Balaban J connectivity index is 2.10. The first kappa shape index (κ1) is 12.7. The van der Waals surface area contributed by atoms with Gasteiger partial charge < -0.3 is 5.32 Å². The number of benzene rings is 1. The molecule has 0 amide bonds. The van der Waals surface area contributed by atoms with Crippen molar-refractivity contribution in [1.82, 2.24) is 5.32 Å². The van der Waals surface area contributed by atoms with Crippen molar-refractivity contribution in [2.45, 2.75) is 13.3 Å². The fourth-order valence-electron chi connectivity index (χ4n) is 2.24. The van der Waals surface area contributed by atoms with Crippen molar-refractivity contribution in [3.63, 3.8) is 0 Å². The average Bonchev–Trinajstić information content (AvgIpc) is 2.71. The van der Waals surface area contributed by atoms with Gasteiger partial charge in [-0.1, -0.05) is 19.1 Å². The maximum atomic E-state index is 13.3. The van der Waals surface area contributed by atoms with Gasteiger partial charge in [0.1, 0.15) is 11.6 Å². The van der Waals surface area contributed by atoms with Crippen molar-refractivity contribution >= 4 is 21.7 Å². The number of carbonyl (C=O) groups is 1. The molecule has 0 radical (unpaired) electrons. The zero-order valence-corrected chi connectivity index (χ0v) is 11.3. The number of halogens is 2. The van der Waals surface area contributed by atoms with Crippen LogP contribution in [-0.2, 0) is 11.2 Å². The topological polar surface area (TPSA) is 29.1 Å². The molecule has 0 spiro atoms. The molecule has 2 unspecified atom stereocenters. The van der Waals surface area contributed by atoms with Crippen molar-refractivity contribution in [2.75, 3.05) is 13.1 Å². The van der Waals surface area contributed by atoms with E-state index >= 15 is 0 Å². The highest BCUT2D eigenvalue weighted by Crippen LogP contribution is 2.24. The molecule has 1 N–H and O–H groups in total. The van der Waals surface area contributed by atoms with Gasteiger partial charge in [-0.2, -0.15) is 0 Å². The Morgan fingerprint density at radius 3 is 2.94 bits per heavy atom. The molecule has 0 bridgehead atoms. The SMILES string of the molecule is CC1CNCC1C(=O)Cc1cccc(F)c1Br. The molecule has 2 atom stereocenters. The van der Waals surface area contributed by atoms with Crippen LogP contribution in [0.15, 0.2) is 22.7 Å². The van der Waals surface area contributed by atoms with E-state index in [1.54, 1.807) is 12.1 Å². The van der Waals surface area contributed by atoms with Crippen LogP contribution in [0.25, 0.3) is 0 Å². The third-order valence-corrected chi connectivity index (χ3v) is 4.22. The van der Waals surface area contributed by atoms with Gasteiger partial charge in [-0.3, -0.25) is 4.79 Å². The highest BCUT2D eigenvalue weighted by atomic mass is 79.9. The molecular weight excluding hydrogens is 285 g/mol. The van der Waals surface area contributed by atoms with Gasteiger partial charge in [0.15, 0.2) is 0 Å². The Kier molecular flexibility index (Phi) is 3.94. The van der Waals surface area contributed by atoms with E-state index in [1.807, 2.05) is 0 Å². The van der Waals surface area contributed by atoms with Gasteiger partial charge in [-0.25, -0.2) is 4.39 Å². The summed E-state index contributed by atoms with van der Waals surface area (Å²) in [4.78, 5) is 12.1. The summed E-state index contributed by atoms with van der Waals surface area (Å²) in [5.74, 6) is 0.307. The first-order valence-electron chi connectivity index (χ1n) is 5.76. The fourth-order valence-corrected chi connectivity index (χ4v) is 2.65. The minimum Gasteiger partial charge on any atom is -0.316 e. The van der Waals surface area contributed by atoms with E-state index in [0.29, 0.717) is 16.8 Å². The van der Waals surface area contributed by atoms with Gasteiger partial charge in [0.2, 0.25) is 0 Å². The molecule has 1 aliphatic heterocycles. The lowest BCUT2D eigenvalue weighted by molar-refractivity contribution is -0.122. The van der Waals surface area contributed by atoms with Crippen molar-refractivity contribution in [2.24, 2.45) is 11.8 Å². The summed E-state index contributed by atoms with van der Waals surface area (Å²) in [6, 6.07) is 4.81. The van der Waals surface area contributed by atoms with Crippen LogP contribution in [0.4, 0.5) is 4.39 Å². The van der Waals surface area contributed by atoms with Gasteiger partial charge in [-0.15, -0.1) is 0 Å². The van der Waals surface area contributed by atoms with Crippen LogP contribution in [0.2, 0.25) is 0 Å². The van der Waals surface area contributed by atoms with Crippen molar-refractivity contribution in [3.05, 3.63) is 34.1 Å². The van der Waals surface area contributed by atoms with Crippen LogP contribution in [0.5, 0.6) is 0 Å². The summed E-state index contributed by atoms with van der Waals surface area (Å²) < 4.78 is 13.7. The summed E-state index contributed by atoms with van der Waals surface area (Å²) in [5.41, 5.74) is 0.731. The molecule has 1 aromatic carbocycles. The number of rotatable bonds is 3. The Bertz CT molecular complexity index is 435. The monoisotopic (exact) mass is 299 g/mol. The Morgan fingerprint density at radius 2 is 2.29 bits per heavy atom. The minimum absolute atomic E-state index is 0.0603. The number of carbonyl (C=O) groups excluding carboxylic acids is 1. The van der Waals surface area contributed by atoms with Crippen LogP contribution in [0.1, 0.15) is 12.5 Å². The number of hydrogen-bond acceptors (Lipinski definition) is 2. The van der Waals surface area contributed by atoms with Crippen LogP contribution in [-0.4, -0.2) is 18.9 Å². The molecular formula is C13H15BrFNO.